The van der Waals surface area contributed by atoms with E-state index < -0.39 is 23.2 Å². The Labute approximate surface area is 126 Å². The van der Waals surface area contributed by atoms with Gasteiger partial charge in [0.25, 0.3) is 0 Å². The molecule has 1 aromatic rings. The normalized spacial score (nSPS) is 24.4. The van der Waals surface area contributed by atoms with Crippen molar-refractivity contribution in [1.29, 1.82) is 0 Å². The molecule has 4 nitrogen and oxygen atoms in total. The minimum atomic E-state index is -4.49. The van der Waals surface area contributed by atoms with Crippen LogP contribution in [0.5, 0.6) is 0 Å². The van der Waals surface area contributed by atoms with Crippen molar-refractivity contribution in [1.82, 2.24) is 0 Å². The van der Waals surface area contributed by atoms with Gasteiger partial charge in [-0.2, -0.15) is 13.2 Å². The van der Waals surface area contributed by atoms with Crippen LogP contribution in [0, 0.1) is 0 Å². The lowest BCUT2D eigenvalue weighted by Gasteiger charge is -2.38. The van der Waals surface area contributed by atoms with E-state index in [0.29, 0.717) is 12.1 Å². The highest BCUT2D eigenvalue weighted by Gasteiger charge is 2.45. The van der Waals surface area contributed by atoms with Crippen LogP contribution in [0.4, 0.5) is 18.9 Å². The third-order valence-corrected chi connectivity index (χ3v) is 3.89. The van der Waals surface area contributed by atoms with Crippen LogP contribution in [0.3, 0.4) is 0 Å². The summed E-state index contributed by atoms with van der Waals surface area (Å²) in [5, 5.41) is 3.12. The van der Waals surface area contributed by atoms with Crippen LogP contribution in [-0.2, 0) is 21.2 Å². The van der Waals surface area contributed by atoms with E-state index in [0.717, 1.165) is 12.1 Å². The maximum atomic E-state index is 12.9. The lowest BCUT2D eigenvalue weighted by atomic mass is 9.79. The van der Waals surface area contributed by atoms with Crippen LogP contribution in [0.1, 0.15) is 37.8 Å². The molecule has 0 aliphatic carbocycles. The molecular formula is C15H19F3N2O2. The second-order valence-corrected chi connectivity index (χ2v) is 5.40. The molecule has 1 heterocycles. The number of alkyl halides is 3. The van der Waals surface area contributed by atoms with Gasteiger partial charge in [0.15, 0.2) is 0 Å². The van der Waals surface area contributed by atoms with E-state index in [9.17, 15) is 18.0 Å². The van der Waals surface area contributed by atoms with Crippen molar-refractivity contribution >= 4 is 11.7 Å². The number of esters is 1. The van der Waals surface area contributed by atoms with E-state index >= 15 is 0 Å². The number of ether oxygens (including phenoxy) is 1. The third-order valence-electron chi connectivity index (χ3n) is 3.89. The summed E-state index contributed by atoms with van der Waals surface area (Å²) in [5.41, 5.74) is 4.37. The highest BCUT2D eigenvalue weighted by Crippen LogP contribution is 2.41. The van der Waals surface area contributed by atoms with Gasteiger partial charge >= 0.3 is 12.1 Å². The summed E-state index contributed by atoms with van der Waals surface area (Å²) < 4.78 is 43.8. The Bertz CT molecular complexity index is 574. The maximum Gasteiger partial charge on any atom is 0.416 e. The van der Waals surface area contributed by atoms with Crippen molar-refractivity contribution in [3.8, 4) is 0 Å². The lowest BCUT2D eigenvalue weighted by molar-refractivity contribution is -0.151. The van der Waals surface area contributed by atoms with Gasteiger partial charge in [0.2, 0.25) is 0 Å². The van der Waals surface area contributed by atoms with E-state index in [1.807, 2.05) is 6.92 Å². The van der Waals surface area contributed by atoms with Gasteiger partial charge in [-0.1, -0.05) is 6.92 Å². The number of hydrogen-bond donors (Lipinski definition) is 2. The Morgan fingerprint density at radius 1 is 1.45 bits per heavy atom. The van der Waals surface area contributed by atoms with Crippen LogP contribution in [0.25, 0.3) is 0 Å². The molecule has 22 heavy (non-hydrogen) atoms. The topological polar surface area (TPSA) is 64.3 Å². The first-order valence-electron chi connectivity index (χ1n) is 7.16. The van der Waals surface area contributed by atoms with Gasteiger partial charge in [0, 0.05) is 23.7 Å². The van der Waals surface area contributed by atoms with E-state index in [2.05, 4.69) is 5.32 Å². The quantitative estimate of drug-likeness (QED) is 0.841. The Morgan fingerprint density at radius 3 is 2.68 bits per heavy atom. The van der Waals surface area contributed by atoms with Gasteiger partial charge in [-0.25, -0.2) is 4.79 Å². The predicted octanol–water partition coefficient (Wildman–Crippen LogP) is 3.02. The number of nitrogens with two attached hydrogens (primary N) is 1. The summed E-state index contributed by atoms with van der Waals surface area (Å²) in [6, 6.07) is 3.14. The number of fused-ring (bicyclic) bond motifs is 1. The zero-order valence-electron chi connectivity index (χ0n) is 12.5. The Hall–Kier alpha value is -1.76. The van der Waals surface area contributed by atoms with E-state index in [4.69, 9.17) is 10.5 Å². The van der Waals surface area contributed by atoms with Gasteiger partial charge in [-0.15, -0.1) is 0 Å². The summed E-state index contributed by atoms with van der Waals surface area (Å²) in [6.07, 6.45) is -3.61. The monoisotopic (exact) mass is 316 g/mol. The minimum Gasteiger partial charge on any atom is -0.464 e. The number of carbonyl (C=O) groups excluding carboxylic acids is 1. The minimum absolute atomic E-state index is 0.0985. The van der Waals surface area contributed by atoms with Crippen LogP contribution in [0.2, 0.25) is 0 Å². The summed E-state index contributed by atoms with van der Waals surface area (Å²) in [5.74, 6) is -0.699. The standard InChI is InChI=1S/C15H19F3N2O2/c1-3-10-8-14(19,13(21)22-4-2)11-7-9(15(16,17)18)5-6-12(11)20-10/h5-7,10,20H,3-4,8,19H2,1-2H3. The second-order valence-electron chi connectivity index (χ2n) is 5.40. The molecule has 2 rings (SSSR count). The van der Waals surface area contributed by atoms with E-state index in [1.54, 1.807) is 6.92 Å². The zero-order valence-corrected chi connectivity index (χ0v) is 12.5. The number of benzene rings is 1. The van der Waals surface area contributed by atoms with Gasteiger partial charge in [0.05, 0.1) is 12.2 Å². The molecule has 0 aromatic heterocycles. The average molecular weight is 316 g/mol. The molecule has 1 aromatic carbocycles. The summed E-state index contributed by atoms with van der Waals surface area (Å²) in [7, 11) is 0. The molecule has 2 atom stereocenters. The van der Waals surface area contributed by atoms with Crippen molar-refractivity contribution in [2.75, 3.05) is 11.9 Å². The molecule has 0 saturated carbocycles. The van der Waals surface area contributed by atoms with Gasteiger partial charge in [-0.3, -0.25) is 0 Å². The summed E-state index contributed by atoms with van der Waals surface area (Å²) >= 11 is 0. The molecule has 7 heteroatoms. The maximum absolute atomic E-state index is 12.9. The fourth-order valence-corrected chi connectivity index (χ4v) is 2.68. The fourth-order valence-electron chi connectivity index (χ4n) is 2.68. The molecular weight excluding hydrogens is 297 g/mol. The molecule has 0 fully saturated rings. The van der Waals surface area contributed by atoms with Gasteiger partial charge < -0.3 is 15.8 Å². The second kappa shape index (κ2) is 5.79. The molecule has 0 amide bonds. The number of halogens is 3. The van der Waals surface area contributed by atoms with Crippen molar-refractivity contribution < 1.29 is 22.7 Å². The first kappa shape index (κ1) is 16.6. The molecule has 0 spiro atoms. The number of rotatable bonds is 3. The highest BCUT2D eigenvalue weighted by molar-refractivity contribution is 5.86. The first-order chi connectivity index (χ1) is 10.2. The van der Waals surface area contributed by atoms with Crippen molar-refractivity contribution in [3.63, 3.8) is 0 Å². The van der Waals surface area contributed by atoms with E-state index in [-0.39, 0.29) is 24.6 Å². The number of anilines is 1. The molecule has 1 aliphatic rings. The third kappa shape index (κ3) is 2.90. The molecule has 1 aliphatic heterocycles. The zero-order chi connectivity index (χ0) is 16.5. The molecule has 3 N–H and O–H groups in total. The van der Waals surface area contributed by atoms with Gasteiger partial charge in [0.1, 0.15) is 5.54 Å². The summed E-state index contributed by atoms with van der Waals surface area (Å²) in [4.78, 5) is 12.2. The first-order valence-corrected chi connectivity index (χ1v) is 7.16. The highest BCUT2D eigenvalue weighted by atomic mass is 19.4. The Balaban J connectivity index is 2.55. The fraction of sp³-hybridized carbons (Fsp3) is 0.533. The van der Waals surface area contributed by atoms with Crippen molar-refractivity contribution in [3.05, 3.63) is 29.3 Å². The number of hydrogen-bond acceptors (Lipinski definition) is 4. The summed E-state index contributed by atoms with van der Waals surface area (Å²) in [6.45, 7) is 3.67. The van der Waals surface area contributed by atoms with Crippen LogP contribution >= 0.6 is 0 Å². The largest absolute Gasteiger partial charge is 0.464 e. The van der Waals surface area contributed by atoms with Crippen LogP contribution in [0.15, 0.2) is 18.2 Å². The van der Waals surface area contributed by atoms with Crippen molar-refractivity contribution in [2.24, 2.45) is 5.73 Å². The lowest BCUT2D eigenvalue weighted by Crippen LogP contribution is -2.52. The van der Waals surface area contributed by atoms with Gasteiger partial charge in [-0.05, 0) is 31.5 Å². The van der Waals surface area contributed by atoms with Crippen LogP contribution in [-0.4, -0.2) is 18.6 Å². The van der Waals surface area contributed by atoms with E-state index in [1.165, 1.54) is 6.07 Å². The molecule has 122 valence electrons. The predicted molar refractivity (Wildman–Crippen MR) is 76.3 cm³/mol. The van der Waals surface area contributed by atoms with Crippen molar-refractivity contribution in [2.45, 2.75) is 44.4 Å². The molecule has 0 saturated heterocycles. The average Bonchev–Trinajstić information content (AvgIpc) is 2.46. The number of carbonyl (C=O) groups is 1. The smallest absolute Gasteiger partial charge is 0.416 e. The Morgan fingerprint density at radius 2 is 2.14 bits per heavy atom. The molecule has 0 radical (unpaired) electrons. The SMILES string of the molecule is CCOC(=O)C1(N)CC(CC)Nc2ccc(C(F)(F)F)cc21. The molecule has 2 unspecified atom stereocenters. The number of nitrogens with one attached hydrogen (secondary N) is 1. The van der Waals surface area contributed by atoms with Crippen LogP contribution < -0.4 is 11.1 Å². The molecule has 0 bridgehead atoms. The Kier molecular flexibility index (Phi) is 4.37.